The number of ether oxygens (including phenoxy) is 2. The van der Waals surface area contributed by atoms with Crippen molar-refractivity contribution < 1.29 is 19.2 Å². The highest BCUT2D eigenvalue weighted by molar-refractivity contribution is 5.66. The van der Waals surface area contributed by atoms with Gasteiger partial charge in [0.2, 0.25) is 0 Å². The second-order valence-corrected chi connectivity index (χ2v) is 10.7. The lowest BCUT2D eigenvalue weighted by molar-refractivity contribution is -0.384. The number of esters is 1. The van der Waals surface area contributed by atoms with Crippen LogP contribution in [-0.2, 0) is 16.0 Å². The van der Waals surface area contributed by atoms with Crippen molar-refractivity contribution in [3.8, 4) is 5.75 Å². The lowest BCUT2D eigenvalue weighted by atomic mass is 9.55. The Morgan fingerprint density at radius 1 is 1.20 bits per heavy atom. The maximum absolute atomic E-state index is 12.1. The number of benzene rings is 2. The first kappa shape index (κ1) is 23.6. The highest BCUT2D eigenvalue weighted by atomic mass is 16.6. The maximum Gasteiger partial charge on any atom is 0.302 e. The molecule has 0 aromatic heterocycles. The van der Waals surface area contributed by atoms with Crippen LogP contribution in [0.15, 0.2) is 42.5 Å². The minimum absolute atomic E-state index is 0.0430. The highest BCUT2D eigenvalue weighted by Gasteiger charge is 2.59. The molecule has 1 N–H and O–H groups in total. The number of aryl methyl sites for hydroxylation is 1. The zero-order valence-electron chi connectivity index (χ0n) is 20.7. The summed E-state index contributed by atoms with van der Waals surface area (Å²) in [5.41, 5.74) is 3.77. The molecule has 0 bridgehead atoms. The van der Waals surface area contributed by atoms with Crippen LogP contribution in [0.5, 0.6) is 5.75 Å². The number of hydrogen-bond donors (Lipinski definition) is 1. The van der Waals surface area contributed by atoms with Gasteiger partial charge in [-0.15, -0.1) is 0 Å². The van der Waals surface area contributed by atoms with Crippen LogP contribution in [-0.4, -0.2) is 30.7 Å². The third-order valence-electron chi connectivity index (χ3n) is 8.95. The molecule has 0 amide bonds. The number of nitrogens with zero attached hydrogens (tertiary/aromatic N) is 1. The van der Waals surface area contributed by atoms with Crippen molar-refractivity contribution in [1.29, 1.82) is 0 Å². The van der Waals surface area contributed by atoms with E-state index in [1.165, 1.54) is 30.2 Å². The standard InChI is InChI=1S/C28H34N2O5/c1-17(31)35-27-19(16-29-20-5-7-21(8-6-20)30(32)33)15-26-25-10-4-18-14-22(34-3)9-11-23(18)24(25)12-13-28(26,27)2/h5-9,11,14,19,24-27,29H,4,10,12-13,15-16H2,1-3H3/t19-,24-,25-,26+,27+,28+/m1/s1. The van der Waals surface area contributed by atoms with Crippen LogP contribution in [0.1, 0.15) is 56.6 Å². The van der Waals surface area contributed by atoms with Crippen LogP contribution in [0.2, 0.25) is 0 Å². The van der Waals surface area contributed by atoms with E-state index in [1.807, 2.05) is 0 Å². The van der Waals surface area contributed by atoms with Crippen LogP contribution in [0.3, 0.4) is 0 Å². The monoisotopic (exact) mass is 478 g/mol. The van der Waals surface area contributed by atoms with Crippen LogP contribution < -0.4 is 10.1 Å². The molecular formula is C28H34N2O5. The summed E-state index contributed by atoms with van der Waals surface area (Å²) >= 11 is 0. The Morgan fingerprint density at radius 2 is 1.97 bits per heavy atom. The Morgan fingerprint density at radius 3 is 2.66 bits per heavy atom. The molecule has 0 aliphatic heterocycles. The second-order valence-electron chi connectivity index (χ2n) is 10.7. The predicted octanol–water partition coefficient (Wildman–Crippen LogP) is 5.73. The van der Waals surface area contributed by atoms with Gasteiger partial charge < -0.3 is 14.8 Å². The number of methoxy groups -OCH3 is 1. The van der Waals surface area contributed by atoms with Crippen LogP contribution in [0, 0.1) is 33.3 Å². The summed E-state index contributed by atoms with van der Waals surface area (Å²) in [6.45, 7) is 4.51. The second kappa shape index (κ2) is 9.17. The van der Waals surface area contributed by atoms with Crippen molar-refractivity contribution in [2.24, 2.45) is 23.2 Å². The quantitative estimate of drug-likeness (QED) is 0.324. The predicted molar refractivity (Wildman–Crippen MR) is 134 cm³/mol. The number of carbonyl (C=O) groups excluding carboxylic acids is 1. The van der Waals surface area contributed by atoms with E-state index < -0.39 is 4.92 Å². The normalized spacial score (nSPS) is 31.0. The summed E-state index contributed by atoms with van der Waals surface area (Å²) < 4.78 is 11.5. The number of fused-ring (bicyclic) bond motifs is 5. The molecule has 186 valence electrons. The molecule has 6 atom stereocenters. The molecule has 2 aromatic rings. The molecule has 0 radical (unpaired) electrons. The molecular weight excluding hydrogens is 444 g/mol. The molecule has 3 aliphatic rings. The van der Waals surface area contributed by atoms with Crippen molar-refractivity contribution in [1.82, 2.24) is 0 Å². The van der Waals surface area contributed by atoms with E-state index in [-0.39, 0.29) is 29.1 Å². The molecule has 7 nitrogen and oxygen atoms in total. The van der Waals surface area contributed by atoms with E-state index >= 15 is 0 Å². The van der Waals surface area contributed by atoms with Crippen molar-refractivity contribution in [2.75, 3.05) is 19.0 Å². The Labute approximate surface area is 206 Å². The van der Waals surface area contributed by atoms with Gasteiger partial charge in [-0.2, -0.15) is 0 Å². The maximum atomic E-state index is 12.1. The molecule has 2 saturated carbocycles. The fraction of sp³-hybridized carbons (Fsp3) is 0.536. The SMILES string of the molecule is COc1ccc2c(c1)CC[C@@H]1[C@@H]2CC[C@@]2(C)[C@H]1C[C@H](CNc1ccc([N+](=O)[O-])cc1)[C@@H]2OC(C)=O. The van der Waals surface area contributed by atoms with E-state index in [4.69, 9.17) is 9.47 Å². The number of nitro benzene ring substituents is 1. The molecule has 0 spiro atoms. The van der Waals surface area contributed by atoms with Crippen molar-refractivity contribution in [3.63, 3.8) is 0 Å². The Kier molecular flexibility index (Phi) is 6.20. The van der Waals surface area contributed by atoms with Crippen molar-refractivity contribution in [3.05, 3.63) is 63.7 Å². The molecule has 7 heteroatoms. The van der Waals surface area contributed by atoms with E-state index in [0.29, 0.717) is 24.3 Å². The van der Waals surface area contributed by atoms with Gasteiger partial charge in [0.05, 0.1) is 12.0 Å². The van der Waals surface area contributed by atoms with Gasteiger partial charge in [0.15, 0.2) is 0 Å². The lowest BCUT2D eigenvalue weighted by Crippen LogP contribution is -2.46. The first-order valence-electron chi connectivity index (χ1n) is 12.6. The summed E-state index contributed by atoms with van der Waals surface area (Å²) in [7, 11) is 1.72. The number of anilines is 1. The first-order chi connectivity index (χ1) is 16.8. The van der Waals surface area contributed by atoms with Gasteiger partial charge in [-0.1, -0.05) is 13.0 Å². The number of nitrogens with one attached hydrogen (secondary N) is 1. The van der Waals surface area contributed by atoms with E-state index in [1.54, 1.807) is 19.2 Å². The minimum atomic E-state index is -0.391. The topological polar surface area (TPSA) is 90.7 Å². The number of hydrogen-bond acceptors (Lipinski definition) is 6. The summed E-state index contributed by atoms with van der Waals surface area (Å²) in [4.78, 5) is 22.7. The van der Waals surface area contributed by atoms with Gasteiger partial charge in [0.1, 0.15) is 11.9 Å². The number of carbonyl (C=O) groups is 1. The summed E-state index contributed by atoms with van der Waals surface area (Å²) in [6.07, 6.45) is 5.24. The molecule has 0 unspecified atom stereocenters. The Hall–Kier alpha value is -3.09. The van der Waals surface area contributed by atoms with Crippen LogP contribution in [0.4, 0.5) is 11.4 Å². The number of nitro groups is 1. The summed E-state index contributed by atoms with van der Waals surface area (Å²) in [6, 6.07) is 13.1. The lowest BCUT2D eigenvalue weighted by Gasteiger charge is -2.50. The van der Waals surface area contributed by atoms with Crippen molar-refractivity contribution in [2.45, 2.75) is 58.0 Å². The smallest absolute Gasteiger partial charge is 0.302 e. The zero-order chi connectivity index (χ0) is 24.7. The van der Waals surface area contributed by atoms with E-state index in [0.717, 1.165) is 43.5 Å². The highest BCUT2D eigenvalue weighted by Crippen LogP contribution is 2.63. The molecule has 35 heavy (non-hydrogen) atoms. The van der Waals surface area contributed by atoms with E-state index in [2.05, 4.69) is 30.4 Å². The zero-order valence-corrected chi connectivity index (χ0v) is 20.7. The van der Waals surface area contributed by atoms with E-state index in [9.17, 15) is 14.9 Å². The molecule has 2 fully saturated rings. The molecule has 5 rings (SSSR count). The van der Waals surface area contributed by atoms with Crippen LogP contribution in [0.25, 0.3) is 0 Å². The van der Waals surface area contributed by atoms with Gasteiger partial charge in [0, 0.05) is 42.6 Å². The Balaban J connectivity index is 1.37. The molecule has 0 heterocycles. The average molecular weight is 479 g/mol. The van der Waals surface area contributed by atoms with Gasteiger partial charge >= 0.3 is 5.97 Å². The van der Waals surface area contributed by atoms with Crippen molar-refractivity contribution >= 4 is 17.3 Å². The van der Waals surface area contributed by atoms with Gasteiger partial charge in [-0.05, 0) is 85.3 Å². The average Bonchev–Trinajstić information content (AvgIpc) is 3.13. The third kappa shape index (κ3) is 4.26. The third-order valence-corrected chi connectivity index (χ3v) is 8.95. The fourth-order valence-electron chi connectivity index (χ4n) is 7.37. The number of rotatable bonds is 6. The molecule has 3 aliphatic carbocycles. The molecule has 0 saturated heterocycles. The van der Waals surface area contributed by atoms with Gasteiger partial charge in [0.25, 0.3) is 5.69 Å². The van der Waals surface area contributed by atoms with Gasteiger partial charge in [-0.25, -0.2) is 0 Å². The largest absolute Gasteiger partial charge is 0.497 e. The van der Waals surface area contributed by atoms with Gasteiger partial charge in [-0.3, -0.25) is 14.9 Å². The first-order valence-corrected chi connectivity index (χ1v) is 12.6. The minimum Gasteiger partial charge on any atom is -0.497 e. The molecule has 2 aromatic carbocycles. The Bertz CT molecular complexity index is 1120. The fourth-order valence-corrected chi connectivity index (χ4v) is 7.37. The summed E-state index contributed by atoms with van der Waals surface area (Å²) in [5, 5.41) is 14.4. The summed E-state index contributed by atoms with van der Waals surface area (Å²) in [5.74, 6) is 2.51. The van der Waals surface area contributed by atoms with Crippen LogP contribution >= 0.6 is 0 Å². The number of non-ortho nitro benzene ring substituents is 1.